The van der Waals surface area contributed by atoms with Gasteiger partial charge in [-0.15, -0.1) is 0 Å². The van der Waals surface area contributed by atoms with E-state index in [1.807, 2.05) is 0 Å². The van der Waals surface area contributed by atoms with Crippen molar-refractivity contribution in [2.24, 2.45) is 0 Å². The fraction of sp³-hybridized carbons (Fsp3) is 0.286. The number of imide groups is 2. The average Bonchev–Trinajstić information content (AvgIpc) is 3.20. The van der Waals surface area contributed by atoms with Crippen molar-refractivity contribution in [1.82, 2.24) is 10.2 Å². The molecule has 1 aromatic carbocycles. The first-order chi connectivity index (χ1) is 14.8. The van der Waals surface area contributed by atoms with E-state index < -0.39 is 22.8 Å². The molecule has 0 bridgehead atoms. The quantitative estimate of drug-likeness (QED) is 0.325. The number of nitrogens with zero attached hydrogens (tertiary/aromatic N) is 2. The first kappa shape index (κ1) is 20.8. The third kappa shape index (κ3) is 4.09. The van der Waals surface area contributed by atoms with Gasteiger partial charge in [-0.05, 0) is 43.2 Å². The number of nitrogens with one attached hydrogen (secondary N) is 1. The molecule has 0 unspecified atom stereocenters. The largest absolute Gasteiger partial charge is 0.456 e. The second-order valence-electron chi connectivity index (χ2n) is 7.40. The highest BCUT2D eigenvalue weighted by Gasteiger charge is 2.40. The van der Waals surface area contributed by atoms with Gasteiger partial charge in [0.2, 0.25) is 0 Å². The van der Waals surface area contributed by atoms with Crippen LogP contribution in [0.2, 0.25) is 5.02 Å². The Bertz CT molecular complexity index is 1120. The molecule has 1 aliphatic heterocycles. The number of nitro groups is 1. The van der Waals surface area contributed by atoms with E-state index in [-0.39, 0.29) is 39.4 Å². The summed E-state index contributed by atoms with van der Waals surface area (Å²) in [6.07, 6.45) is 5.52. The van der Waals surface area contributed by atoms with Crippen LogP contribution >= 0.6 is 11.6 Å². The Hall–Kier alpha value is -3.46. The third-order valence-electron chi connectivity index (χ3n) is 5.41. The summed E-state index contributed by atoms with van der Waals surface area (Å²) in [5, 5.41) is 13.8. The molecular weight excluding hydrogens is 426 g/mol. The molecule has 0 spiro atoms. The van der Waals surface area contributed by atoms with Crippen molar-refractivity contribution in [2.75, 3.05) is 0 Å². The second kappa shape index (κ2) is 8.35. The number of hydrogen-bond acceptors (Lipinski definition) is 6. The van der Waals surface area contributed by atoms with Gasteiger partial charge in [0.25, 0.3) is 17.5 Å². The van der Waals surface area contributed by atoms with Crippen LogP contribution in [0.5, 0.6) is 0 Å². The van der Waals surface area contributed by atoms with E-state index in [0.717, 1.165) is 24.2 Å². The molecule has 0 radical (unpaired) electrons. The van der Waals surface area contributed by atoms with Crippen molar-refractivity contribution in [2.45, 2.75) is 38.1 Å². The van der Waals surface area contributed by atoms with Gasteiger partial charge in [-0.25, -0.2) is 4.79 Å². The highest BCUT2D eigenvalue weighted by Crippen LogP contribution is 2.34. The number of carbonyl (C=O) groups is 3. The van der Waals surface area contributed by atoms with Gasteiger partial charge in [-0.3, -0.25) is 29.9 Å². The number of amides is 4. The molecule has 4 rings (SSSR count). The topological polar surface area (TPSA) is 123 Å². The molecule has 9 nitrogen and oxygen atoms in total. The average molecular weight is 444 g/mol. The highest BCUT2D eigenvalue weighted by atomic mass is 35.5. The van der Waals surface area contributed by atoms with Crippen molar-refractivity contribution in [3.63, 3.8) is 0 Å². The van der Waals surface area contributed by atoms with E-state index in [0.29, 0.717) is 12.8 Å². The number of urea groups is 1. The van der Waals surface area contributed by atoms with Gasteiger partial charge in [0.1, 0.15) is 17.1 Å². The molecule has 1 saturated heterocycles. The van der Waals surface area contributed by atoms with E-state index in [1.54, 1.807) is 0 Å². The van der Waals surface area contributed by atoms with Crippen LogP contribution in [0.1, 0.15) is 37.9 Å². The van der Waals surface area contributed by atoms with Crippen LogP contribution in [0.4, 0.5) is 10.5 Å². The van der Waals surface area contributed by atoms with Crippen molar-refractivity contribution < 1.29 is 23.7 Å². The number of hydrogen-bond donors (Lipinski definition) is 1. The van der Waals surface area contributed by atoms with Gasteiger partial charge in [0, 0.05) is 17.1 Å². The minimum absolute atomic E-state index is 0.149. The number of benzene rings is 1. The lowest BCUT2D eigenvalue weighted by atomic mass is 9.93. The van der Waals surface area contributed by atoms with Gasteiger partial charge >= 0.3 is 6.03 Å². The molecule has 1 N–H and O–H groups in total. The molecule has 1 saturated carbocycles. The summed E-state index contributed by atoms with van der Waals surface area (Å²) < 4.78 is 5.65. The van der Waals surface area contributed by atoms with E-state index in [4.69, 9.17) is 16.0 Å². The Morgan fingerprint density at radius 3 is 2.58 bits per heavy atom. The van der Waals surface area contributed by atoms with Gasteiger partial charge in [-0.1, -0.05) is 30.9 Å². The zero-order valence-corrected chi connectivity index (χ0v) is 17.1. The SMILES string of the molecule is O=C1NC(=O)N(C2CCCCC2)C(=O)C1=Cc1ccc(-c2ccc(Cl)cc2[N+](=O)[O-])o1. The summed E-state index contributed by atoms with van der Waals surface area (Å²) in [6, 6.07) is 6.19. The lowest BCUT2D eigenvalue weighted by Gasteiger charge is -2.35. The summed E-state index contributed by atoms with van der Waals surface area (Å²) >= 11 is 5.85. The normalized spacial score (nSPS) is 19.1. The molecule has 10 heteroatoms. The van der Waals surface area contributed by atoms with Crippen LogP contribution in [-0.4, -0.2) is 33.7 Å². The van der Waals surface area contributed by atoms with E-state index in [9.17, 15) is 24.5 Å². The molecule has 1 aromatic heterocycles. The summed E-state index contributed by atoms with van der Waals surface area (Å²) in [5.41, 5.74) is -0.254. The summed E-state index contributed by atoms with van der Waals surface area (Å²) in [4.78, 5) is 49.4. The van der Waals surface area contributed by atoms with Gasteiger partial charge in [0.15, 0.2) is 0 Å². The first-order valence-corrected chi connectivity index (χ1v) is 10.2. The minimum atomic E-state index is -0.808. The molecule has 31 heavy (non-hydrogen) atoms. The monoisotopic (exact) mass is 443 g/mol. The predicted molar refractivity (Wildman–Crippen MR) is 111 cm³/mol. The second-order valence-corrected chi connectivity index (χ2v) is 7.84. The molecule has 2 aromatic rings. The Morgan fingerprint density at radius 1 is 1.13 bits per heavy atom. The number of furan rings is 1. The van der Waals surface area contributed by atoms with Crippen molar-refractivity contribution in [3.05, 3.63) is 56.8 Å². The maximum atomic E-state index is 12.9. The van der Waals surface area contributed by atoms with E-state index >= 15 is 0 Å². The van der Waals surface area contributed by atoms with Crippen LogP contribution in [0.15, 0.2) is 40.3 Å². The number of nitro benzene ring substituents is 1. The van der Waals surface area contributed by atoms with Crippen molar-refractivity contribution in [1.29, 1.82) is 0 Å². The van der Waals surface area contributed by atoms with Gasteiger partial charge < -0.3 is 4.42 Å². The van der Waals surface area contributed by atoms with Crippen molar-refractivity contribution >= 4 is 41.2 Å². The van der Waals surface area contributed by atoms with Gasteiger partial charge in [-0.2, -0.15) is 0 Å². The van der Waals surface area contributed by atoms with Crippen LogP contribution in [0.25, 0.3) is 17.4 Å². The van der Waals surface area contributed by atoms with E-state index in [1.165, 1.54) is 36.4 Å². The molecular formula is C21H18ClN3O6. The highest BCUT2D eigenvalue weighted by molar-refractivity contribution is 6.31. The Balaban J connectivity index is 1.65. The minimum Gasteiger partial charge on any atom is -0.456 e. The van der Waals surface area contributed by atoms with E-state index in [2.05, 4.69) is 5.32 Å². The maximum Gasteiger partial charge on any atom is 0.331 e. The maximum absolute atomic E-state index is 12.9. The standard InChI is InChI=1S/C21H18ClN3O6/c22-12-6-8-15(17(10-12)25(29)30)18-9-7-14(31-18)11-16-19(26)23-21(28)24(20(16)27)13-4-2-1-3-5-13/h6-11,13H,1-5H2,(H,23,26,28). The molecule has 4 amide bonds. The smallest absolute Gasteiger partial charge is 0.331 e. The summed E-state index contributed by atoms with van der Waals surface area (Å²) in [5.74, 6) is -1.15. The molecule has 1 aliphatic carbocycles. The van der Waals surface area contributed by atoms with Crippen LogP contribution in [0, 0.1) is 10.1 Å². The third-order valence-corrected chi connectivity index (χ3v) is 5.64. The van der Waals surface area contributed by atoms with Crippen molar-refractivity contribution in [3.8, 4) is 11.3 Å². The Morgan fingerprint density at radius 2 is 1.87 bits per heavy atom. The Kier molecular flexibility index (Phi) is 5.60. The number of barbiturate groups is 1. The zero-order valence-electron chi connectivity index (χ0n) is 16.3. The zero-order chi connectivity index (χ0) is 22.1. The van der Waals surface area contributed by atoms with Crippen LogP contribution in [-0.2, 0) is 9.59 Å². The van der Waals surface area contributed by atoms with Crippen LogP contribution in [0.3, 0.4) is 0 Å². The molecule has 2 heterocycles. The molecule has 2 aliphatic rings. The molecule has 0 atom stereocenters. The van der Waals surface area contributed by atoms with Crippen LogP contribution < -0.4 is 5.32 Å². The van der Waals surface area contributed by atoms with Gasteiger partial charge in [0.05, 0.1) is 10.5 Å². The number of rotatable bonds is 4. The fourth-order valence-corrected chi connectivity index (χ4v) is 4.09. The first-order valence-electron chi connectivity index (χ1n) is 9.80. The fourth-order valence-electron chi connectivity index (χ4n) is 3.92. The lowest BCUT2D eigenvalue weighted by molar-refractivity contribution is -0.384. The predicted octanol–water partition coefficient (Wildman–Crippen LogP) is 4.30. The Labute approximate surface area is 181 Å². The molecule has 2 fully saturated rings. The molecule has 160 valence electrons. The number of carbonyl (C=O) groups excluding carboxylic acids is 3. The number of halogens is 1. The lowest BCUT2D eigenvalue weighted by Crippen LogP contribution is -2.58. The summed E-state index contributed by atoms with van der Waals surface area (Å²) in [6.45, 7) is 0. The summed E-state index contributed by atoms with van der Waals surface area (Å²) in [7, 11) is 0.